The number of ketones is 1. The number of hydrogen-bond donors (Lipinski definition) is 0. The highest BCUT2D eigenvalue weighted by Crippen LogP contribution is 2.34. The molecule has 2 aromatic carbocycles. The molecule has 100 valence electrons. The van der Waals surface area contributed by atoms with E-state index in [1.54, 1.807) is 43.5 Å². The van der Waals surface area contributed by atoms with Crippen LogP contribution in [0.3, 0.4) is 0 Å². The van der Waals surface area contributed by atoms with Crippen LogP contribution >= 0.6 is 11.6 Å². The van der Waals surface area contributed by atoms with E-state index < -0.39 is 0 Å². The first-order chi connectivity index (χ1) is 9.67. The Kier molecular flexibility index (Phi) is 3.20. The number of ether oxygens (including phenoxy) is 2. The minimum atomic E-state index is -0.136. The molecule has 0 bridgehead atoms. The Labute approximate surface area is 121 Å². The molecule has 0 fully saturated rings. The molecule has 1 heterocycles. The van der Waals surface area contributed by atoms with Crippen molar-refractivity contribution in [3.05, 3.63) is 64.4 Å². The Morgan fingerprint density at radius 3 is 2.80 bits per heavy atom. The van der Waals surface area contributed by atoms with E-state index >= 15 is 0 Å². The third kappa shape index (κ3) is 2.28. The van der Waals surface area contributed by atoms with Crippen LogP contribution in [0.1, 0.15) is 15.9 Å². The number of benzene rings is 2. The van der Waals surface area contributed by atoms with Gasteiger partial charge in [-0.25, -0.2) is 0 Å². The van der Waals surface area contributed by atoms with Gasteiger partial charge in [0.05, 0.1) is 12.7 Å². The van der Waals surface area contributed by atoms with Crippen LogP contribution in [0, 0.1) is 0 Å². The topological polar surface area (TPSA) is 35.5 Å². The van der Waals surface area contributed by atoms with E-state index in [-0.39, 0.29) is 11.5 Å². The summed E-state index contributed by atoms with van der Waals surface area (Å²) in [6.07, 6.45) is 1.68. The molecule has 2 aromatic rings. The molecule has 20 heavy (non-hydrogen) atoms. The van der Waals surface area contributed by atoms with Gasteiger partial charge in [-0.2, -0.15) is 0 Å². The number of Topliss-reactive ketones (excluding diaryl/α,β-unsaturated/α-hetero) is 1. The van der Waals surface area contributed by atoms with Crippen molar-refractivity contribution in [1.29, 1.82) is 0 Å². The molecule has 4 heteroatoms. The van der Waals surface area contributed by atoms with Crippen molar-refractivity contribution in [2.75, 3.05) is 7.11 Å². The van der Waals surface area contributed by atoms with Crippen LogP contribution in [-0.2, 0) is 0 Å². The summed E-state index contributed by atoms with van der Waals surface area (Å²) in [5.41, 5.74) is 1.36. The maximum Gasteiger partial charge on any atom is 0.231 e. The third-order valence-electron chi connectivity index (χ3n) is 3.02. The van der Waals surface area contributed by atoms with E-state index in [9.17, 15) is 4.79 Å². The van der Waals surface area contributed by atoms with E-state index in [1.165, 1.54) is 0 Å². The highest BCUT2D eigenvalue weighted by atomic mass is 35.5. The first kappa shape index (κ1) is 12.8. The van der Waals surface area contributed by atoms with Crippen molar-refractivity contribution < 1.29 is 14.3 Å². The van der Waals surface area contributed by atoms with Crippen LogP contribution in [0.5, 0.6) is 11.5 Å². The smallest absolute Gasteiger partial charge is 0.231 e. The molecule has 1 aliphatic heterocycles. The second kappa shape index (κ2) is 5.02. The Balaban J connectivity index is 1.97. The third-order valence-corrected chi connectivity index (χ3v) is 3.26. The maximum atomic E-state index is 12.2. The molecule has 0 aromatic heterocycles. The molecular formula is C16H11ClO3. The predicted octanol–water partition coefficient (Wildman–Crippen LogP) is 3.96. The van der Waals surface area contributed by atoms with E-state index in [0.29, 0.717) is 22.1 Å². The highest BCUT2D eigenvalue weighted by Gasteiger charge is 2.27. The van der Waals surface area contributed by atoms with Crippen molar-refractivity contribution in [1.82, 2.24) is 0 Å². The molecule has 0 saturated heterocycles. The molecule has 0 atom stereocenters. The molecule has 0 saturated carbocycles. The molecule has 3 rings (SSSR count). The summed E-state index contributed by atoms with van der Waals surface area (Å²) in [4.78, 5) is 12.2. The lowest BCUT2D eigenvalue weighted by Crippen LogP contribution is -1.97. The van der Waals surface area contributed by atoms with Crippen LogP contribution in [0.4, 0.5) is 0 Å². The van der Waals surface area contributed by atoms with Crippen LogP contribution in [-0.4, -0.2) is 12.9 Å². The molecule has 3 nitrogen and oxygen atoms in total. The van der Waals surface area contributed by atoms with Gasteiger partial charge in [0.25, 0.3) is 0 Å². The Morgan fingerprint density at radius 2 is 2.05 bits per heavy atom. The monoisotopic (exact) mass is 286 g/mol. The summed E-state index contributed by atoms with van der Waals surface area (Å²) >= 11 is 5.92. The van der Waals surface area contributed by atoms with Crippen LogP contribution in [0.2, 0.25) is 5.02 Å². The van der Waals surface area contributed by atoms with Gasteiger partial charge in [-0.1, -0.05) is 23.7 Å². The standard InChI is InChI=1S/C16H11ClO3/c1-19-12-5-6-13-14(9-12)20-15(16(13)18)8-10-3-2-4-11(17)7-10/h2-9H,1H3/b15-8+. The number of carbonyl (C=O) groups is 1. The Bertz CT molecular complexity index is 719. The average molecular weight is 287 g/mol. The van der Waals surface area contributed by atoms with Gasteiger partial charge in [0.2, 0.25) is 5.78 Å². The van der Waals surface area contributed by atoms with Crippen LogP contribution in [0.15, 0.2) is 48.2 Å². The first-order valence-electron chi connectivity index (χ1n) is 6.05. The lowest BCUT2D eigenvalue weighted by molar-refractivity contribution is 0.101. The van der Waals surface area contributed by atoms with Crippen molar-refractivity contribution in [2.45, 2.75) is 0 Å². The number of rotatable bonds is 2. The van der Waals surface area contributed by atoms with Gasteiger partial charge in [-0.15, -0.1) is 0 Å². The number of carbonyl (C=O) groups excluding carboxylic acids is 1. The summed E-state index contributed by atoms with van der Waals surface area (Å²) in [6.45, 7) is 0. The van der Waals surface area contributed by atoms with Crippen molar-refractivity contribution in [3.8, 4) is 11.5 Å². The Hall–Kier alpha value is -2.26. The lowest BCUT2D eigenvalue weighted by Gasteiger charge is -2.01. The van der Waals surface area contributed by atoms with Crippen molar-refractivity contribution >= 4 is 23.5 Å². The predicted molar refractivity (Wildman–Crippen MR) is 77.4 cm³/mol. The fourth-order valence-electron chi connectivity index (χ4n) is 2.04. The molecule has 0 radical (unpaired) electrons. The summed E-state index contributed by atoms with van der Waals surface area (Å²) in [7, 11) is 1.57. The highest BCUT2D eigenvalue weighted by molar-refractivity contribution is 6.30. The molecule has 0 aliphatic carbocycles. The number of methoxy groups -OCH3 is 1. The average Bonchev–Trinajstić information content (AvgIpc) is 2.75. The van der Waals surface area contributed by atoms with Gasteiger partial charge >= 0.3 is 0 Å². The zero-order chi connectivity index (χ0) is 14.1. The molecule has 0 spiro atoms. The fourth-order valence-corrected chi connectivity index (χ4v) is 2.24. The zero-order valence-electron chi connectivity index (χ0n) is 10.7. The summed E-state index contributed by atoms with van der Waals surface area (Å²) in [5.74, 6) is 1.32. The molecule has 0 N–H and O–H groups in total. The number of hydrogen-bond acceptors (Lipinski definition) is 3. The van der Waals surface area contributed by atoms with Crippen LogP contribution in [0.25, 0.3) is 6.08 Å². The minimum absolute atomic E-state index is 0.136. The van der Waals surface area contributed by atoms with Gasteiger partial charge in [0.15, 0.2) is 5.76 Å². The van der Waals surface area contributed by atoms with Crippen molar-refractivity contribution in [3.63, 3.8) is 0 Å². The quantitative estimate of drug-likeness (QED) is 0.784. The first-order valence-corrected chi connectivity index (χ1v) is 6.43. The van der Waals surface area contributed by atoms with Crippen molar-refractivity contribution in [2.24, 2.45) is 0 Å². The van der Waals surface area contributed by atoms with E-state index in [0.717, 1.165) is 5.56 Å². The molecule has 0 unspecified atom stereocenters. The number of fused-ring (bicyclic) bond motifs is 1. The second-order valence-electron chi connectivity index (χ2n) is 4.36. The fraction of sp³-hybridized carbons (Fsp3) is 0.0625. The SMILES string of the molecule is COc1ccc2c(c1)O/C(=C/c1cccc(Cl)c1)C2=O. The summed E-state index contributed by atoms with van der Waals surface area (Å²) < 4.78 is 10.7. The summed E-state index contributed by atoms with van der Waals surface area (Å²) in [6, 6.07) is 12.4. The largest absolute Gasteiger partial charge is 0.497 e. The minimum Gasteiger partial charge on any atom is -0.497 e. The van der Waals surface area contributed by atoms with Gasteiger partial charge in [-0.05, 0) is 35.9 Å². The van der Waals surface area contributed by atoms with E-state index in [4.69, 9.17) is 21.1 Å². The number of allylic oxidation sites excluding steroid dienone is 1. The normalized spacial score (nSPS) is 15.1. The van der Waals surface area contributed by atoms with E-state index in [2.05, 4.69) is 0 Å². The Morgan fingerprint density at radius 1 is 1.20 bits per heavy atom. The zero-order valence-corrected chi connectivity index (χ0v) is 11.5. The molecular weight excluding hydrogens is 276 g/mol. The molecule has 0 amide bonds. The van der Waals surface area contributed by atoms with Gasteiger partial charge in [-0.3, -0.25) is 4.79 Å². The lowest BCUT2D eigenvalue weighted by atomic mass is 10.1. The molecule has 1 aliphatic rings. The summed E-state index contributed by atoms with van der Waals surface area (Å²) in [5, 5.41) is 0.615. The number of halogens is 1. The van der Waals surface area contributed by atoms with Gasteiger partial charge in [0.1, 0.15) is 11.5 Å². The van der Waals surface area contributed by atoms with E-state index in [1.807, 2.05) is 12.1 Å². The maximum absolute atomic E-state index is 12.2. The van der Waals surface area contributed by atoms with Gasteiger partial charge < -0.3 is 9.47 Å². The second-order valence-corrected chi connectivity index (χ2v) is 4.79. The van der Waals surface area contributed by atoms with Crippen LogP contribution < -0.4 is 9.47 Å². The van der Waals surface area contributed by atoms with Gasteiger partial charge in [0, 0.05) is 11.1 Å².